The van der Waals surface area contributed by atoms with Crippen molar-refractivity contribution in [2.75, 3.05) is 0 Å². The molecule has 2 nitrogen and oxygen atoms in total. The van der Waals surface area contributed by atoms with Gasteiger partial charge in [0, 0.05) is 12.4 Å². The highest BCUT2D eigenvalue weighted by molar-refractivity contribution is 7.82. The lowest BCUT2D eigenvalue weighted by Crippen LogP contribution is -2.25. The average molecular weight is 178 g/mol. The van der Waals surface area contributed by atoms with Gasteiger partial charge in [0.15, 0.2) is 0 Å². The molecule has 0 radical (unpaired) electrons. The van der Waals surface area contributed by atoms with E-state index in [-0.39, 0.29) is 4.75 Å². The first-order chi connectivity index (χ1) is 5.67. The lowest BCUT2D eigenvalue weighted by molar-refractivity contribution is 1.07. The summed E-state index contributed by atoms with van der Waals surface area (Å²) in [6.07, 6.45) is 7.69. The van der Waals surface area contributed by atoms with Crippen molar-refractivity contribution in [3.8, 4) is 0 Å². The fourth-order valence-corrected chi connectivity index (χ4v) is 1.41. The van der Waals surface area contributed by atoms with Gasteiger partial charge in [-0.2, -0.15) is 12.6 Å². The fraction of sp³-hybridized carbons (Fsp3) is 0.222. The predicted octanol–water partition coefficient (Wildman–Crippen LogP) is 0.631. The number of aromatic nitrogens is 1. The number of nitrogens with one attached hydrogen (secondary N) is 1. The Morgan fingerprint density at radius 3 is 3.25 bits per heavy atom. The molecule has 0 aliphatic carbocycles. The van der Waals surface area contributed by atoms with Crippen LogP contribution in [0.25, 0.3) is 6.08 Å². The molecule has 1 aromatic heterocycles. The summed E-state index contributed by atoms with van der Waals surface area (Å²) in [4.78, 5) is 7.37. The van der Waals surface area contributed by atoms with E-state index in [1.54, 1.807) is 6.20 Å². The van der Waals surface area contributed by atoms with Crippen LogP contribution in [0.2, 0.25) is 0 Å². The maximum Gasteiger partial charge on any atom is 0.0875 e. The van der Waals surface area contributed by atoms with Crippen LogP contribution in [-0.4, -0.2) is 9.73 Å². The zero-order valence-corrected chi connectivity index (χ0v) is 7.68. The second-order valence-electron chi connectivity index (χ2n) is 3.09. The number of hydrogen-bond donors (Lipinski definition) is 2. The summed E-state index contributed by atoms with van der Waals surface area (Å²) in [6, 6.07) is 1.95. The first-order valence-electron chi connectivity index (χ1n) is 3.82. The summed E-state index contributed by atoms with van der Waals surface area (Å²) >= 11 is 4.46. The number of rotatable bonds is 0. The molecule has 2 rings (SSSR count). The van der Waals surface area contributed by atoms with Crippen LogP contribution in [-0.2, 0) is 0 Å². The molecule has 0 fully saturated rings. The second-order valence-corrected chi connectivity index (χ2v) is 4.06. The van der Waals surface area contributed by atoms with E-state index in [0.29, 0.717) is 0 Å². The topological polar surface area (TPSA) is 28.1 Å². The van der Waals surface area contributed by atoms with E-state index in [2.05, 4.69) is 28.7 Å². The minimum atomic E-state index is -0.209. The summed E-state index contributed by atoms with van der Waals surface area (Å²) in [5, 5.41) is 2.02. The number of fused-ring (bicyclic) bond motifs is 1. The van der Waals surface area contributed by atoms with Crippen LogP contribution in [0.4, 0.5) is 0 Å². The van der Waals surface area contributed by atoms with Gasteiger partial charge in [-0.15, -0.1) is 0 Å². The van der Waals surface area contributed by atoms with Gasteiger partial charge in [0.25, 0.3) is 0 Å². The Morgan fingerprint density at radius 1 is 1.58 bits per heavy atom. The van der Waals surface area contributed by atoms with Crippen molar-refractivity contribution in [2.24, 2.45) is 4.99 Å². The number of aromatic amines is 1. The van der Waals surface area contributed by atoms with E-state index in [4.69, 9.17) is 0 Å². The molecule has 0 bridgehead atoms. The molecule has 12 heavy (non-hydrogen) atoms. The monoisotopic (exact) mass is 178 g/mol. The van der Waals surface area contributed by atoms with Crippen LogP contribution < -0.4 is 10.7 Å². The molecule has 62 valence electrons. The Hall–Kier alpha value is -0.960. The van der Waals surface area contributed by atoms with Gasteiger partial charge >= 0.3 is 0 Å². The molecule has 1 aromatic rings. The van der Waals surface area contributed by atoms with E-state index in [9.17, 15) is 0 Å². The molecule has 2 heterocycles. The van der Waals surface area contributed by atoms with Gasteiger partial charge in [-0.05, 0) is 25.1 Å². The Kier molecular flexibility index (Phi) is 1.61. The van der Waals surface area contributed by atoms with Crippen LogP contribution in [0.15, 0.2) is 29.5 Å². The number of thiol groups is 1. The van der Waals surface area contributed by atoms with Crippen LogP contribution in [0, 0.1) is 0 Å². The van der Waals surface area contributed by atoms with Crippen molar-refractivity contribution in [2.45, 2.75) is 11.7 Å². The minimum Gasteiger partial charge on any atom is -0.360 e. The lowest BCUT2D eigenvalue weighted by atomic mass is 10.1. The third-order valence-electron chi connectivity index (χ3n) is 1.82. The maximum absolute atomic E-state index is 4.46. The Morgan fingerprint density at radius 2 is 2.42 bits per heavy atom. The van der Waals surface area contributed by atoms with E-state index in [1.807, 2.05) is 25.3 Å². The second kappa shape index (κ2) is 2.52. The first kappa shape index (κ1) is 7.68. The van der Waals surface area contributed by atoms with Crippen molar-refractivity contribution < 1.29 is 0 Å². The molecule has 1 N–H and O–H groups in total. The number of H-pyrrole nitrogens is 1. The molecule has 1 aliphatic rings. The smallest absolute Gasteiger partial charge is 0.0875 e. The maximum atomic E-state index is 4.46. The number of nitrogens with zero attached hydrogens (tertiary/aromatic N) is 1. The molecule has 0 spiro atoms. The third kappa shape index (κ3) is 1.32. The SMILES string of the molecule is CC1(S)C=CN=c2cc[nH]c2=C1. The van der Waals surface area contributed by atoms with Crippen molar-refractivity contribution >= 4 is 18.7 Å². The quantitative estimate of drug-likeness (QED) is 0.546. The van der Waals surface area contributed by atoms with Crippen molar-refractivity contribution in [1.82, 2.24) is 4.98 Å². The molecule has 0 amide bonds. The predicted molar refractivity (Wildman–Crippen MR) is 52.6 cm³/mol. The van der Waals surface area contributed by atoms with Gasteiger partial charge in [-0.1, -0.05) is 0 Å². The van der Waals surface area contributed by atoms with E-state index >= 15 is 0 Å². The lowest BCUT2D eigenvalue weighted by Gasteiger charge is -2.10. The highest BCUT2D eigenvalue weighted by Gasteiger charge is 2.12. The summed E-state index contributed by atoms with van der Waals surface area (Å²) in [7, 11) is 0. The average Bonchev–Trinajstić information content (AvgIpc) is 2.31. The van der Waals surface area contributed by atoms with Crippen LogP contribution in [0.3, 0.4) is 0 Å². The van der Waals surface area contributed by atoms with Crippen LogP contribution in [0.1, 0.15) is 6.92 Å². The molecule has 1 aliphatic heterocycles. The molecule has 0 saturated heterocycles. The number of hydrogen-bond acceptors (Lipinski definition) is 2. The Balaban J connectivity index is 2.75. The van der Waals surface area contributed by atoms with Gasteiger partial charge in [0.05, 0.1) is 15.5 Å². The molecular formula is C9H10N2S. The van der Waals surface area contributed by atoms with Crippen molar-refractivity contribution in [1.29, 1.82) is 0 Å². The fourth-order valence-electron chi connectivity index (χ4n) is 1.21. The molecular weight excluding hydrogens is 168 g/mol. The molecule has 0 aromatic carbocycles. The molecule has 0 saturated carbocycles. The van der Waals surface area contributed by atoms with Gasteiger partial charge in [-0.3, -0.25) is 4.99 Å². The van der Waals surface area contributed by atoms with Gasteiger partial charge in [0.2, 0.25) is 0 Å². The summed E-state index contributed by atoms with van der Waals surface area (Å²) in [5.74, 6) is 0. The Labute approximate surface area is 76.1 Å². The third-order valence-corrected chi connectivity index (χ3v) is 2.10. The normalized spacial score (nSPS) is 26.8. The highest BCUT2D eigenvalue weighted by atomic mass is 32.1. The summed E-state index contributed by atoms with van der Waals surface area (Å²) < 4.78 is -0.209. The van der Waals surface area contributed by atoms with Gasteiger partial charge < -0.3 is 4.98 Å². The van der Waals surface area contributed by atoms with Crippen LogP contribution >= 0.6 is 12.6 Å². The summed E-state index contributed by atoms with van der Waals surface area (Å²) in [6.45, 7) is 2.03. The first-order valence-corrected chi connectivity index (χ1v) is 4.26. The van der Waals surface area contributed by atoms with E-state index < -0.39 is 0 Å². The van der Waals surface area contributed by atoms with Crippen molar-refractivity contribution in [3.05, 3.63) is 35.2 Å². The van der Waals surface area contributed by atoms with Gasteiger partial charge in [0.1, 0.15) is 0 Å². The van der Waals surface area contributed by atoms with E-state index in [1.165, 1.54) is 0 Å². The van der Waals surface area contributed by atoms with E-state index in [0.717, 1.165) is 10.7 Å². The largest absolute Gasteiger partial charge is 0.360 e. The molecule has 3 heteroatoms. The standard InChI is InChI=1S/C9H10N2S/c1-9(12)3-5-11-7-2-4-10-8(7)6-9/h2-6,10,12H,1H3. The molecule has 1 unspecified atom stereocenters. The van der Waals surface area contributed by atoms with Crippen molar-refractivity contribution in [3.63, 3.8) is 0 Å². The summed E-state index contributed by atoms with van der Waals surface area (Å²) in [5.41, 5.74) is 0. The van der Waals surface area contributed by atoms with Crippen LogP contribution in [0.5, 0.6) is 0 Å². The zero-order valence-electron chi connectivity index (χ0n) is 6.78. The molecule has 1 atom stereocenters. The minimum absolute atomic E-state index is 0.209. The van der Waals surface area contributed by atoms with Gasteiger partial charge in [-0.25, -0.2) is 0 Å². The highest BCUT2D eigenvalue weighted by Crippen LogP contribution is 2.17. The zero-order chi connectivity index (χ0) is 8.60. The Bertz CT molecular complexity index is 426.